The molecule has 1 heteroatoms. The molecule has 2 atom stereocenters. The zero-order valence-corrected chi connectivity index (χ0v) is 9.72. The fourth-order valence-corrected chi connectivity index (χ4v) is 3.37. The van der Waals surface area contributed by atoms with E-state index in [2.05, 4.69) is 13.8 Å². The Hall–Kier alpha value is -0.0400. The number of rotatable bonds is 6. The van der Waals surface area contributed by atoms with E-state index in [1.165, 1.54) is 44.9 Å². The molecule has 0 aromatic carbocycles. The van der Waals surface area contributed by atoms with Crippen LogP contribution in [0.5, 0.6) is 0 Å². The van der Waals surface area contributed by atoms with Gasteiger partial charge in [0.2, 0.25) is 0 Å². The first-order chi connectivity index (χ1) is 6.85. The van der Waals surface area contributed by atoms with E-state index in [4.69, 9.17) is 4.74 Å². The summed E-state index contributed by atoms with van der Waals surface area (Å²) in [4.78, 5) is 0. The van der Waals surface area contributed by atoms with Gasteiger partial charge in [0.25, 0.3) is 0 Å². The minimum atomic E-state index is 0.643. The molecular weight excluding hydrogens is 172 g/mol. The van der Waals surface area contributed by atoms with Crippen LogP contribution >= 0.6 is 0 Å². The first-order valence-corrected chi connectivity index (χ1v) is 6.46. The summed E-state index contributed by atoms with van der Waals surface area (Å²) in [6.45, 7) is 5.63. The van der Waals surface area contributed by atoms with Gasteiger partial charge in [-0.1, -0.05) is 39.5 Å². The van der Waals surface area contributed by atoms with Gasteiger partial charge >= 0.3 is 0 Å². The van der Waals surface area contributed by atoms with Gasteiger partial charge in [0.1, 0.15) is 0 Å². The predicted octanol–water partition coefficient (Wildman–Crippen LogP) is 3.77. The summed E-state index contributed by atoms with van der Waals surface area (Å²) in [6.07, 6.45) is 10.4. The van der Waals surface area contributed by atoms with Crippen LogP contribution in [0.4, 0.5) is 0 Å². The van der Waals surface area contributed by atoms with Gasteiger partial charge in [-0.3, -0.25) is 0 Å². The molecule has 1 aliphatic carbocycles. The van der Waals surface area contributed by atoms with Crippen LogP contribution in [0.25, 0.3) is 0 Å². The molecule has 2 rings (SSSR count). The van der Waals surface area contributed by atoms with E-state index in [0.29, 0.717) is 11.5 Å². The average molecular weight is 196 g/mol. The lowest BCUT2D eigenvalue weighted by Gasteiger charge is -2.19. The van der Waals surface area contributed by atoms with Crippen molar-refractivity contribution < 1.29 is 4.74 Å². The van der Waals surface area contributed by atoms with E-state index in [9.17, 15) is 0 Å². The lowest BCUT2D eigenvalue weighted by molar-refractivity contribution is 0.0956. The van der Waals surface area contributed by atoms with Crippen LogP contribution in [-0.2, 0) is 4.74 Å². The Morgan fingerprint density at radius 3 is 2.21 bits per heavy atom. The third-order valence-corrected chi connectivity index (χ3v) is 4.28. The molecule has 0 aromatic rings. The highest BCUT2D eigenvalue weighted by atomic mass is 16.5. The van der Waals surface area contributed by atoms with Gasteiger partial charge in [-0.05, 0) is 25.2 Å². The first kappa shape index (κ1) is 10.5. The molecular formula is C13H24O. The molecule has 1 nitrogen and oxygen atoms in total. The van der Waals surface area contributed by atoms with Gasteiger partial charge in [0.05, 0.1) is 6.10 Å². The standard InChI is InChI=1S/C13H24O/c1-3-5-8-13(9-6-4-2)11-7-10-14-12(11)13/h11-12H,3-10H2,1-2H3/t11-,12+/m0/s1. The smallest absolute Gasteiger partial charge is 0.0670 e. The van der Waals surface area contributed by atoms with Crippen molar-refractivity contribution in [2.75, 3.05) is 6.61 Å². The van der Waals surface area contributed by atoms with E-state index in [1.54, 1.807) is 0 Å². The van der Waals surface area contributed by atoms with Crippen LogP contribution in [-0.4, -0.2) is 12.7 Å². The van der Waals surface area contributed by atoms with Crippen molar-refractivity contribution in [2.24, 2.45) is 11.3 Å². The maximum Gasteiger partial charge on any atom is 0.0670 e. The Morgan fingerprint density at radius 2 is 1.79 bits per heavy atom. The highest BCUT2D eigenvalue weighted by molar-refractivity contribution is 5.14. The number of hydrogen-bond acceptors (Lipinski definition) is 1. The van der Waals surface area contributed by atoms with E-state index in [1.807, 2.05) is 0 Å². The summed E-state index contributed by atoms with van der Waals surface area (Å²) in [5.74, 6) is 0.945. The summed E-state index contributed by atoms with van der Waals surface area (Å²) in [5.41, 5.74) is 0.643. The molecule has 0 bridgehead atoms. The predicted molar refractivity (Wildman–Crippen MR) is 59.3 cm³/mol. The van der Waals surface area contributed by atoms with Crippen molar-refractivity contribution in [1.29, 1.82) is 0 Å². The second kappa shape index (κ2) is 4.22. The third-order valence-electron chi connectivity index (χ3n) is 4.28. The van der Waals surface area contributed by atoms with E-state index < -0.39 is 0 Å². The summed E-state index contributed by atoms with van der Waals surface area (Å²) < 4.78 is 5.84. The number of unbranched alkanes of at least 4 members (excludes halogenated alkanes) is 2. The second-order valence-electron chi connectivity index (χ2n) is 5.13. The molecule has 0 N–H and O–H groups in total. The van der Waals surface area contributed by atoms with Crippen LogP contribution in [0.15, 0.2) is 0 Å². The van der Waals surface area contributed by atoms with E-state index >= 15 is 0 Å². The monoisotopic (exact) mass is 196 g/mol. The van der Waals surface area contributed by atoms with Gasteiger partial charge in [-0.15, -0.1) is 0 Å². The molecule has 1 saturated heterocycles. The van der Waals surface area contributed by atoms with Crippen LogP contribution in [0.2, 0.25) is 0 Å². The highest BCUT2D eigenvalue weighted by Gasteiger charge is 2.65. The summed E-state index contributed by atoms with van der Waals surface area (Å²) >= 11 is 0. The van der Waals surface area contributed by atoms with E-state index in [-0.39, 0.29) is 0 Å². The maximum atomic E-state index is 5.84. The zero-order valence-electron chi connectivity index (χ0n) is 9.72. The van der Waals surface area contributed by atoms with Crippen molar-refractivity contribution in [2.45, 2.75) is 64.9 Å². The molecule has 0 spiro atoms. The van der Waals surface area contributed by atoms with Crippen LogP contribution in [0.1, 0.15) is 58.8 Å². The fraction of sp³-hybridized carbons (Fsp3) is 1.00. The van der Waals surface area contributed by atoms with Crippen molar-refractivity contribution >= 4 is 0 Å². The fourth-order valence-electron chi connectivity index (χ4n) is 3.37. The van der Waals surface area contributed by atoms with Gasteiger partial charge in [-0.25, -0.2) is 0 Å². The Labute approximate surface area is 88.2 Å². The summed E-state index contributed by atoms with van der Waals surface area (Å²) in [6, 6.07) is 0. The lowest BCUT2D eigenvalue weighted by Crippen LogP contribution is -2.13. The molecule has 1 aliphatic heterocycles. The molecule has 1 saturated carbocycles. The number of ether oxygens (including phenoxy) is 1. The van der Waals surface area contributed by atoms with Crippen molar-refractivity contribution in [3.8, 4) is 0 Å². The molecule has 1 heterocycles. The number of hydrogen-bond donors (Lipinski definition) is 0. The Balaban J connectivity index is 1.87. The molecule has 0 radical (unpaired) electrons. The molecule has 0 unspecified atom stereocenters. The molecule has 0 amide bonds. The van der Waals surface area contributed by atoms with Crippen LogP contribution < -0.4 is 0 Å². The van der Waals surface area contributed by atoms with Crippen LogP contribution in [0, 0.1) is 11.3 Å². The van der Waals surface area contributed by atoms with Gasteiger partial charge in [0.15, 0.2) is 0 Å². The van der Waals surface area contributed by atoms with Gasteiger partial charge in [-0.2, -0.15) is 0 Å². The number of fused-ring (bicyclic) bond motifs is 1. The topological polar surface area (TPSA) is 9.23 Å². The summed E-state index contributed by atoms with van der Waals surface area (Å²) in [5, 5.41) is 0. The maximum absolute atomic E-state index is 5.84. The quantitative estimate of drug-likeness (QED) is 0.628. The van der Waals surface area contributed by atoms with Crippen molar-refractivity contribution in [3.63, 3.8) is 0 Å². The minimum Gasteiger partial charge on any atom is -0.377 e. The SMILES string of the molecule is CCCCC1(CCCC)[C@@H]2OCC[C@@H]21. The Kier molecular flexibility index (Phi) is 3.16. The average Bonchev–Trinajstić information content (AvgIpc) is 2.63. The van der Waals surface area contributed by atoms with Crippen molar-refractivity contribution in [3.05, 3.63) is 0 Å². The largest absolute Gasteiger partial charge is 0.377 e. The molecule has 14 heavy (non-hydrogen) atoms. The van der Waals surface area contributed by atoms with Gasteiger partial charge in [0, 0.05) is 12.0 Å². The zero-order chi connectivity index (χ0) is 10.0. The van der Waals surface area contributed by atoms with E-state index in [0.717, 1.165) is 12.5 Å². The second-order valence-corrected chi connectivity index (χ2v) is 5.13. The molecule has 2 fully saturated rings. The van der Waals surface area contributed by atoms with Crippen LogP contribution in [0.3, 0.4) is 0 Å². The Morgan fingerprint density at radius 1 is 1.14 bits per heavy atom. The normalized spacial score (nSPS) is 33.0. The summed E-state index contributed by atoms with van der Waals surface area (Å²) in [7, 11) is 0. The van der Waals surface area contributed by atoms with Gasteiger partial charge < -0.3 is 4.74 Å². The lowest BCUT2D eigenvalue weighted by atomic mass is 9.89. The highest BCUT2D eigenvalue weighted by Crippen LogP contribution is 2.65. The molecule has 0 aromatic heterocycles. The minimum absolute atomic E-state index is 0.643. The molecule has 82 valence electrons. The molecule has 2 aliphatic rings. The van der Waals surface area contributed by atoms with Crippen molar-refractivity contribution in [1.82, 2.24) is 0 Å². The first-order valence-electron chi connectivity index (χ1n) is 6.46. The third kappa shape index (κ3) is 1.60. The Bertz CT molecular complexity index is 168.